The van der Waals surface area contributed by atoms with Crippen molar-refractivity contribution >= 4 is 0 Å². The predicted molar refractivity (Wildman–Crippen MR) is 69.5 cm³/mol. The van der Waals surface area contributed by atoms with Crippen molar-refractivity contribution in [2.45, 2.75) is 71.9 Å². The fraction of sp³-hybridized carbons (Fsp3) is 1.00. The van der Waals surface area contributed by atoms with Gasteiger partial charge in [-0.2, -0.15) is 0 Å². The van der Waals surface area contributed by atoms with Crippen molar-refractivity contribution in [2.75, 3.05) is 6.54 Å². The summed E-state index contributed by atoms with van der Waals surface area (Å²) in [5, 5.41) is 13.2. The second-order valence-corrected chi connectivity index (χ2v) is 6.30. The lowest BCUT2D eigenvalue weighted by Gasteiger charge is -2.30. The fourth-order valence-electron chi connectivity index (χ4n) is 3.07. The van der Waals surface area contributed by atoms with Gasteiger partial charge in [0.25, 0.3) is 0 Å². The van der Waals surface area contributed by atoms with Gasteiger partial charge in [-0.05, 0) is 37.5 Å². The van der Waals surface area contributed by atoms with Crippen molar-refractivity contribution in [1.29, 1.82) is 0 Å². The van der Waals surface area contributed by atoms with Crippen LogP contribution in [-0.2, 0) is 0 Å². The van der Waals surface area contributed by atoms with Crippen LogP contribution < -0.4 is 5.32 Å². The molecule has 1 saturated carbocycles. The summed E-state index contributed by atoms with van der Waals surface area (Å²) in [6, 6.07) is 0.721. The molecule has 3 unspecified atom stereocenters. The third-order valence-electron chi connectivity index (χ3n) is 3.87. The van der Waals surface area contributed by atoms with Crippen LogP contribution in [0.25, 0.3) is 0 Å². The third kappa shape index (κ3) is 4.42. The molecule has 0 heterocycles. The van der Waals surface area contributed by atoms with Gasteiger partial charge in [-0.25, -0.2) is 0 Å². The topological polar surface area (TPSA) is 32.3 Å². The van der Waals surface area contributed by atoms with Gasteiger partial charge in [0.1, 0.15) is 0 Å². The Kier molecular flexibility index (Phi) is 5.26. The average Bonchev–Trinajstić information content (AvgIpc) is 2.59. The molecule has 3 atom stereocenters. The molecule has 2 nitrogen and oxygen atoms in total. The first-order valence-electron chi connectivity index (χ1n) is 6.86. The van der Waals surface area contributed by atoms with Crippen LogP contribution >= 0.6 is 0 Å². The molecule has 0 aromatic rings. The monoisotopic (exact) mass is 227 g/mol. The highest BCUT2D eigenvalue weighted by Crippen LogP contribution is 2.29. The molecule has 16 heavy (non-hydrogen) atoms. The lowest BCUT2D eigenvalue weighted by Crippen LogP contribution is -2.40. The molecule has 0 spiro atoms. The molecule has 1 aliphatic carbocycles. The molecule has 0 radical (unpaired) electrons. The first kappa shape index (κ1) is 14.0. The molecule has 0 amide bonds. The van der Waals surface area contributed by atoms with E-state index in [1.807, 2.05) is 6.92 Å². The highest BCUT2D eigenvalue weighted by atomic mass is 16.3. The Morgan fingerprint density at radius 1 is 1.38 bits per heavy atom. The van der Waals surface area contributed by atoms with E-state index >= 15 is 0 Å². The summed E-state index contributed by atoms with van der Waals surface area (Å²) in [4.78, 5) is 0. The summed E-state index contributed by atoms with van der Waals surface area (Å²) in [6.45, 7) is 9.68. The van der Waals surface area contributed by atoms with E-state index in [0.717, 1.165) is 24.9 Å². The zero-order chi connectivity index (χ0) is 12.2. The minimum atomic E-state index is -0.192. The van der Waals surface area contributed by atoms with Crippen LogP contribution in [0.3, 0.4) is 0 Å². The number of nitrogens with one attached hydrogen (secondary N) is 1. The molecule has 96 valence electrons. The lowest BCUT2D eigenvalue weighted by molar-refractivity contribution is 0.125. The van der Waals surface area contributed by atoms with Gasteiger partial charge in [-0.1, -0.05) is 33.6 Å². The molecule has 0 saturated heterocycles. The average molecular weight is 227 g/mol. The van der Waals surface area contributed by atoms with Crippen LogP contribution in [-0.4, -0.2) is 23.8 Å². The van der Waals surface area contributed by atoms with Crippen LogP contribution in [0, 0.1) is 11.3 Å². The van der Waals surface area contributed by atoms with Crippen LogP contribution in [0.5, 0.6) is 0 Å². The highest BCUT2D eigenvalue weighted by Gasteiger charge is 2.28. The molecule has 0 aromatic heterocycles. The first-order valence-corrected chi connectivity index (χ1v) is 6.86. The summed E-state index contributed by atoms with van der Waals surface area (Å²) in [6.07, 6.45) is 6.10. The summed E-state index contributed by atoms with van der Waals surface area (Å²) in [7, 11) is 0. The van der Waals surface area contributed by atoms with Crippen molar-refractivity contribution in [3.05, 3.63) is 0 Å². The van der Waals surface area contributed by atoms with Crippen molar-refractivity contribution in [3.63, 3.8) is 0 Å². The molecule has 1 fully saturated rings. The quantitative estimate of drug-likeness (QED) is 0.731. The number of hydrogen-bond acceptors (Lipinski definition) is 2. The minimum Gasteiger partial charge on any atom is -0.393 e. The summed E-state index contributed by atoms with van der Waals surface area (Å²) in [5.41, 5.74) is 0.203. The van der Waals surface area contributed by atoms with E-state index in [-0.39, 0.29) is 11.5 Å². The summed E-state index contributed by atoms with van der Waals surface area (Å²) >= 11 is 0. The smallest absolute Gasteiger partial charge is 0.0517 e. The van der Waals surface area contributed by atoms with Gasteiger partial charge in [0, 0.05) is 12.6 Å². The molecule has 0 aliphatic heterocycles. The van der Waals surface area contributed by atoms with Gasteiger partial charge in [0.05, 0.1) is 6.10 Å². The Bertz CT molecular complexity index is 201. The Labute approximate surface area is 101 Å². The van der Waals surface area contributed by atoms with E-state index in [1.165, 1.54) is 25.7 Å². The molecule has 1 rings (SSSR count). The molecule has 0 aromatic carbocycles. The molecular formula is C14H29NO. The second-order valence-electron chi connectivity index (χ2n) is 6.30. The minimum absolute atomic E-state index is 0.192. The SMILES string of the molecule is CCC1CCCC1NCC(C)(C)CC(C)O. The van der Waals surface area contributed by atoms with Crippen molar-refractivity contribution in [3.8, 4) is 0 Å². The van der Waals surface area contributed by atoms with E-state index in [2.05, 4.69) is 26.1 Å². The van der Waals surface area contributed by atoms with Crippen molar-refractivity contribution < 1.29 is 5.11 Å². The van der Waals surface area contributed by atoms with Gasteiger partial charge >= 0.3 is 0 Å². The van der Waals surface area contributed by atoms with E-state index in [9.17, 15) is 5.11 Å². The van der Waals surface area contributed by atoms with Crippen LogP contribution in [0.4, 0.5) is 0 Å². The Hall–Kier alpha value is -0.0800. The van der Waals surface area contributed by atoms with Gasteiger partial charge in [0.15, 0.2) is 0 Å². The van der Waals surface area contributed by atoms with Gasteiger partial charge < -0.3 is 10.4 Å². The van der Waals surface area contributed by atoms with Crippen molar-refractivity contribution in [2.24, 2.45) is 11.3 Å². The summed E-state index contributed by atoms with van der Waals surface area (Å²) in [5.74, 6) is 0.877. The van der Waals surface area contributed by atoms with Crippen molar-refractivity contribution in [1.82, 2.24) is 5.32 Å². The molecule has 2 heteroatoms. The van der Waals surface area contributed by atoms with Gasteiger partial charge in [-0.3, -0.25) is 0 Å². The summed E-state index contributed by atoms with van der Waals surface area (Å²) < 4.78 is 0. The van der Waals surface area contributed by atoms with Crippen LogP contribution in [0.15, 0.2) is 0 Å². The maximum atomic E-state index is 9.45. The third-order valence-corrected chi connectivity index (χ3v) is 3.87. The predicted octanol–water partition coefficient (Wildman–Crippen LogP) is 2.95. The Balaban J connectivity index is 2.32. The zero-order valence-electron chi connectivity index (χ0n) is 11.4. The number of rotatable bonds is 6. The van der Waals surface area contributed by atoms with E-state index in [0.29, 0.717) is 0 Å². The van der Waals surface area contributed by atoms with Gasteiger partial charge in [-0.15, -0.1) is 0 Å². The number of aliphatic hydroxyl groups excluding tert-OH is 1. The fourth-order valence-corrected chi connectivity index (χ4v) is 3.07. The van der Waals surface area contributed by atoms with E-state index < -0.39 is 0 Å². The van der Waals surface area contributed by atoms with Crippen LogP contribution in [0.2, 0.25) is 0 Å². The first-order chi connectivity index (χ1) is 7.44. The second kappa shape index (κ2) is 6.02. The highest BCUT2D eigenvalue weighted by molar-refractivity contribution is 4.85. The maximum Gasteiger partial charge on any atom is 0.0517 e. The van der Waals surface area contributed by atoms with E-state index in [1.54, 1.807) is 0 Å². The molecule has 0 bridgehead atoms. The lowest BCUT2D eigenvalue weighted by atomic mass is 9.86. The van der Waals surface area contributed by atoms with Crippen LogP contribution in [0.1, 0.15) is 59.8 Å². The zero-order valence-corrected chi connectivity index (χ0v) is 11.4. The van der Waals surface area contributed by atoms with E-state index in [4.69, 9.17) is 0 Å². The largest absolute Gasteiger partial charge is 0.393 e. The Morgan fingerprint density at radius 3 is 2.62 bits per heavy atom. The number of hydrogen-bond donors (Lipinski definition) is 2. The Morgan fingerprint density at radius 2 is 2.06 bits per heavy atom. The van der Waals surface area contributed by atoms with Gasteiger partial charge in [0.2, 0.25) is 0 Å². The molecule has 2 N–H and O–H groups in total. The maximum absolute atomic E-state index is 9.45. The molecular weight excluding hydrogens is 198 g/mol. The molecule has 1 aliphatic rings. The standard InChI is InChI=1S/C14H29NO/c1-5-12-7-6-8-13(12)15-10-14(3,4)9-11(2)16/h11-13,15-16H,5-10H2,1-4H3. The normalized spacial score (nSPS) is 28.3. The number of aliphatic hydroxyl groups is 1.